The molecule has 300 valence electrons. The molecule has 0 aliphatic carbocycles. The SMILES string of the molecule is C[C@@H](O)[C@H](N)C(=O)N[C@@H](CCCCN)C(=O)N1CCC[C@H]1C(=O)N[C@@H](CCCN=C(N)N[N+](=O)[O-])C(=O)Nc1ccc2c(c1)CN1C(=O)c3ccccc3C1=N2. The predicted molar refractivity (Wildman–Crippen MR) is 205 cm³/mol. The Labute approximate surface area is 322 Å². The van der Waals surface area contributed by atoms with Crippen LogP contribution < -0.4 is 38.6 Å². The molecule has 1 saturated heterocycles. The van der Waals surface area contributed by atoms with Crippen molar-refractivity contribution in [2.75, 3.05) is 25.0 Å². The summed E-state index contributed by atoms with van der Waals surface area (Å²) >= 11 is 0. The first-order valence-electron chi connectivity index (χ1n) is 18.5. The number of hydrogen-bond donors (Lipinski definition) is 8. The van der Waals surface area contributed by atoms with Crippen LogP contribution in [0.5, 0.6) is 0 Å². The van der Waals surface area contributed by atoms with Gasteiger partial charge in [-0.2, -0.15) is 0 Å². The van der Waals surface area contributed by atoms with E-state index in [9.17, 15) is 39.2 Å². The Kier molecular flexibility index (Phi) is 13.7. The Morgan fingerprint density at radius 1 is 1.05 bits per heavy atom. The minimum absolute atomic E-state index is 0.00935. The maximum absolute atomic E-state index is 13.9. The molecule has 3 aliphatic rings. The molecule has 0 radical (unpaired) electrons. The number of aliphatic hydroxyl groups excluding tert-OH is 1. The van der Waals surface area contributed by atoms with Crippen LogP contribution >= 0.6 is 0 Å². The minimum Gasteiger partial charge on any atom is -0.391 e. The number of fused-ring (bicyclic) bond motifs is 4. The second kappa shape index (κ2) is 18.6. The van der Waals surface area contributed by atoms with Gasteiger partial charge in [0.05, 0.1) is 23.9 Å². The number of anilines is 1. The molecule has 2 aromatic carbocycles. The number of carbonyl (C=O) groups excluding carboxylic acids is 5. The van der Waals surface area contributed by atoms with Crippen molar-refractivity contribution < 1.29 is 34.1 Å². The first-order valence-corrected chi connectivity index (χ1v) is 18.5. The monoisotopic (exact) mass is 776 g/mol. The Hall–Kier alpha value is -5.99. The molecule has 5 atom stereocenters. The van der Waals surface area contributed by atoms with Gasteiger partial charge in [-0.3, -0.25) is 28.9 Å². The van der Waals surface area contributed by atoms with Crippen molar-refractivity contribution in [2.24, 2.45) is 27.2 Å². The van der Waals surface area contributed by atoms with Gasteiger partial charge in [0.15, 0.2) is 5.03 Å². The topological polar surface area (TPSA) is 306 Å². The van der Waals surface area contributed by atoms with Crippen LogP contribution in [-0.2, 0) is 25.7 Å². The van der Waals surface area contributed by atoms with Crippen LogP contribution in [0.15, 0.2) is 52.4 Å². The number of carbonyl (C=O) groups is 5. The molecule has 3 aliphatic heterocycles. The van der Waals surface area contributed by atoms with Crippen LogP contribution in [0.2, 0.25) is 0 Å². The summed E-state index contributed by atoms with van der Waals surface area (Å²) in [6.07, 6.45) is 1.16. The number of amides is 5. The van der Waals surface area contributed by atoms with E-state index in [2.05, 4.69) is 20.9 Å². The highest BCUT2D eigenvalue weighted by Crippen LogP contribution is 2.35. The third-order valence-corrected chi connectivity index (χ3v) is 9.80. The average Bonchev–Trinajstić information content (AvgIpc) is 3.77. The van der Waals surface area contributed by atoms with Crippen molar-refractivity contribution in [3.63, 3.8) is 0 Å². The molecule has 56 heavy (non-hydrogen) atoms. The highest BCUT2D eigenvalue weighted by Gasteiger charge is 2.40. The summed E-state index contributed by atoms with van der Waals surface area (Å²) in [5.74, 6) is -2.45. The van der Waals surface area contributed by atoms with E-state index in [1.807, 2.05) is 12.1 Å². The average molecular weight is 777 g/mol. The molecule has 0 unspecified atom stereocenters. The summed E-state index contributed by atoms with van der Waals surface area (Å²) in [5.41, 5.74) is 21.8. The Balaban J connectivity index is 1.31. The van der Waals surface area contributed by atoms with Crippen LogP contribution in [0.25, 0.3) is 0 Å². The van der Waals surface area contributed by atoms with Gasteiger partial charge in [-0.25, -0.2) is 20.1 Å². The number of likely N-dealkylation sites (tertiary alicyclic amines) is 1. The van der Waals surface area contributed by atoms with E-state index in [1.165, 1.54) is 11.8 Å². The number of amidine groups is 1. The summed E-state index contributed by atoms with van der Waals surface area (Å²) in [7, 11) is 0. The standard InChI is InChI=1S/C36H48N12O8/c1-20(49)29(38)33(52)44-27(10-4-5-15-37)35(54)46-17-7-12-28(46)32(51)43-26(11-6-16-40-36(39)45-48(55)56)31(50)41-22-13-14-25-21(18-22)19-47-30(42-25)23-8-2-3-9-24(23)34(47)53/h2-3,8-9,13-14,18,20,26-29,49H,4-7,10-12,15-17,19,37-38H2,1H3,(H,41,50)(H,43,51)(H,44,52)(H3,39,40,45)/t20-,26+,27+,28+,29+/m1/s1. The van der Waals surface area contributed by atoms with E-state index in [1.54, 1.807) is 40.7 Å². The van der Waals surface area contributed by atoms with Crippen molar-refractivity contribution in [3.8, 4) is 0 Å². The largest absolute Gasteiger partial charge is 0.391 e. The van der Waals surface area contributed by atoms with Crippen LogP contribution in [-0.4, -0.2) is 111 Å². The molecule has 5 amide bonds. The number of hydrogen-bond acceptors (Lipinski definition) is 12. The highest BCUT2D eigenvalue weighted by atomic mass is 16.7. The smallest absolute Gasteiger partial charge is 0.260 e. The van der Waals surface area contributed by atoms with E-state index < -0.39 is 64.9 Å². The van der Waals surface area contributed by atoms with Crippen molar-refractivity contribution in [3.05, 3.63) is 69.3 Å². The summed E-state index contributed by atoms with van der Waals surface area (Å²) in [5, 5.41) is 27.9. The molecular formula is C36H48N12O8. The van der Waals surface area contributed by atoms with Gasteiger partial charge >= 0.3 is 0 Å². The number of aliphatic imine (C=N–C) groups is 2. The molecule has 0 saturated carbocycles. The second-order valence-electron chi connectivity index (χ2n) is 13.8. The molecule has 20 heteroatoms. The fourth-order valence-electron chi connectivity index (χ4n) is 6.83. The summed E-state index contributed by atoms with van der Waals surface area (Å²) in [6, 6.07) is 7.91. The first-order chi connectivity index (χ1) is 26.8. The number of hydrazine groups is 1. The predicted octanol–water partition coefficient (Wildman–Crippen LogP) is -0.653. The third-order valence-electron chi connectivity index (χ3n) is 9.80. The van der Waals surface area contributed by atoms with Gasteiger partial charge in [-0.1, -0.05) is 23.6 Å². The fraction of sp³-hybridized carbons (Fsp3) is 0.472. The van der Waals surface area contributed by atoms with Crippen LogP contribution in [0.1, 0.15) is 73.4 Å². The van der Waals surface area contributed by atoms with Crippen molar-refractivity contribution in [1.29, 1.82) is 0 Å². The van der Waals surface area contributed by atoms with Crippen LogP contribution in [0, 0.1) is 10.1 Å². The minimum atomic E-state index is -1.27. The molecule has 5 rings (SSSR count). The quantitative estimate of drug-likeness (QED) is 0.0327. The lowest BCUT2D eigenvalue weighted by Crippen LogP contribution is -2.58. The Morgan fingerprint density at radius 2 is 1.79 bits per heavy atom. The number of benzene rings is 2. The van der Waals surface area contributed by atoms with Crippen molar-refractivity contribution in [2.45, 2.75) is 88.7 Å². The molecule has 11 N–H and O–H groups in total. The molecule has 20 nitrogen and oxygen atoms in total. The zero-order valence-electron chi connectivity index (χ0n) is 31.0. The van der Waals surface area contributed by atoms with E-state index in [-0.39, 0.29) is 44.8 Å². The van der Waals surface area contributed by atoms with Gasteiger partial charge in [-0.05, 0) is 88.2 Å². The van der Waals surface area contributed by atoms with Crippen LogP contribution in [0.4, 0.5) is 11.4 Å². The van der Waals surface area contributed by atoms with Crippen LogP contribution in [0.3, 0.4) is 0 Å². The first kappa shape index (κ1) is 41.2. The molecule has 2 aromatic rings. The fourth-order valence-corrected chi connectivity index (χ4v) is 6.83. The van der Waals surface area contributed by atoms with Gasteiger partial charge in [0, 0.05) is 24.3 Å². The van der Waals surface area contributed by atoms with Gasteiger partial charge in [-0.15, -0.1) is 0 Å². The van der Waals surface area contributed by atoms with E-state index in [0.29, 0.717) is 60.6 Å². The number of aliphatic hydroxyl groups is 1. The van der Waals surface area contributed by atoms with E-state index in [4.69, 9.17) is 22.2 Å². The van der Waals surface area contributed by atoms with Crippen molar-refractivity contribution in [1.82, 2.24) is 25.9 Å². The highest BCUT2D eigenvalue weighted by molar-refractivity contribution is 6.24. The number of nitrogens with two attached hydrogens (primary N) is 3. The molecule has 0 aromatic heterocycles. The Morgan fingerprint density at radius 3 is 2.50 bits per heavy atom. The number of unbranched alkanes of at least 4 members (excludes halogenated alkanes) is 1. The number of nitrogens with one attached hydrogen (secondary N) is 4. The molecule has 0 spiro atoms. The van der Waals surface area contributed by atoms with E-state index in [0.717, 1.165) is 5.56 Å². The normalized spacial score (nSPS) is 18.1. The van der Waals surface area contributed by atoms with Crippen molar-refractivity contribution >= 4 is 52.7 Å². The molecule has 1 fully saturated rings. The number of guanidine groups is 1. The summed E-state index contributed by atoms with van der Waals surface area (Å²) < 4.78 is 0. The lowest BCUT2D eigenvalue weighted by Gasteiger charge is -2.30. The Bertz CT molecular complexity index is 1900. The lowest BCUT2D eigenvalue weighted by atomic mass is 10.0. The van der Waals surface area contributed by atoms with E-state index >= 15 is 0 Å². The van der Waals surface area contributed by atoms with Gasteiger partial charge in [0.2, 0.25) is 23.6 Å². The summed E-state index contributed by atoms with van der Waals surface area (Å²) in [6.45, 7) is 2.18. The van der Waals surface area contributed by atoms with Gasteiger partial charge in [0.1, 0.15) is 30.0 Å². The summed E-state index contributed by atoms with van der Waals surface area (Å²) in [4.78, 5) is 89.7. The number of rotatable bonds is 17. The van der Waals surface area contributed by atoms with Gasteiger partial charge < -0.3 is 43.2 Å². The third kappa shape index (κ3) is 9.81. The maximum Gasteiger partial charge on any atom is 0.260 e. The zero-order chi connectivity index (χ0) is 40.5. The maximum atomic E-state index is 13.9. The zero-order valence-corrected chi connectivity index (χ0v) is 31.0. The molecule has 0 bridgehead atoms. The lowest BCUT2D eigenvalue weighted by molar-refractivity contribution is -0.525. The molecule has 3 heterocycles. The number of nitrogens with zero attached hydrogens (tertiary/aromatic N) is 5. The number of nitro groups is 1. The molecular weight excluding hydrogens is 728 g/mol. The van der Waals surface area contributed by atoms with Gasteiger partial charge in [0.25, 0.3) is 11.9 Å². The second-order valence-corrected chi connectivity index (χ2v) is 13.8.